The van der Waals surface area contributed by atoms with E-state index in [4.69, 9.17) is 0 Å². The maximum Gasteiger partial charge on any atom is 0.131 e. The van der Waals surface area contributed by atoms with Gasteiger partial charge >= 0.3 is 0 Å². The molecule has 1 heterocycles. The summed E-state index contributed by atoms with van der Waals surface area (Å²) in [5.74, 6) is -1.08. The molecule has 0 N–H and O–H groups in total. The molecule has 0 aliphatic carbocycles. The van der Waals surface area contributed by atoms with Crippen LogP contribution in [0.25, 0.3) is 0 Å². The number of rotatable bonds is 1. The number of hydrogen-bond acceptors (Lipinski definition) is 1. The molecule has 0 amide bonds. The van der Waals surface area contributed by atoms with E-state index in [1.807, 2.05) is 12.2 Å². The lowest BCUT2D eigenvalue weighted by Gasteiger charge is -2.13. The van der Waals surface area contributed by atoms with Crippen molar-refractivity contribution in [2.24, 2.45) is 4.99 Å². The van der Waals surface area contributed by atoms with Crippen LogP contribution in [-0.2, 0) is 0 Å². The Morgan fingerprint density at radius 3 is 2.79 bits per heavy atom. The van der Waals surface area contributed by atoms with Crippen LogP contribution >= 0.6 is 0 Å². The van der Waals surface area contributed by atoms with Gasteiger partial charge in [0.1, 0.15) is 11.6 Å². The Kier molecular flexibility index (Phi) is 2.39. The van der Waals surface area contributed by atoms with Crippen molar-refractivity contribution in [1.29, 1.82) is 0 Å². The van der Waals surface area contributed by atoms with E-state index in [1.165, 1.54) is 12.1 Å². The first-order chi connectivity index (χ1) is 6.77. The number of halogens is 2. The van der Waals surface area contributed by atoms with E-state index >= 15 is 0 Å². The van der Waals surface area contributed by atoms with Crippen LogP contribution in [0.1, 0.15) is 18.0 Å². The number of nitrogens with zero attached hydrogens (tertiary/aromatic N) is 1. The first-order valence-electron chi connectivity index (χ1n) is 4.40. The molecule has 0 radical (unpaired) electrons. The van der Waals surface area contributed by atoms with Gasteiger partial charge < -0.3 is 0 Å². The molecule has 1 aromatic carbocycles. The number of dihydropyridines is 1. The molecule has 0 fully saturated rings. The third kappa shape index (κ3) is 1.71. The van der Waals surface area contributed by atoms with Gasteiger partial charge in [-0.3, -0.25) is 4.99 Å². The SMILES string of the molecule is Fc1ccc(C2CC=CC=N2)c(F)c1. The van der Waals surface area contributed by atoms with Crippen molar-refractivity contribution in [3.05, 3.63) is 47.5 Å². The minimum Gasteiger partial charge on any atom is -0.285 e. The molecule has 0 saturated heterocycles. The molecule has 0 saturated carbocycles. The summed E-state index contributed by atoms with van der Waals surface area (Å²) < 4.78 is 25.9. The van der Waals surface area contributed by atoms with Gasteiger partial charge in [-0.2, -0.15) is 0 Å². The number of allylic oxidation sites excluding steroid dienone is 1. The lowest BCUT2D eigenvalue weighted by molar-refractivity contribution is 0.556. The smallest absolute Gasteiger partial charge is 0.131 e. The highest BCUT2D eigenvalue weighted by Gasteiger charge is 2.14. The van der Waals surface area contributed by atoms with Crippen molar-refractivity contribution in [3.63, 3.8) is 0 Å². The minimum atomic E-state index is -0.554. The molecule has 1 atom stereocenters. The summed E-state index contributed by atoms with van der Waals surface area (Å²) in [6.07, 6.45) is 6.04. The fourth-order valence-corrected chi connectivity index (χ4v) is 1.46. The van der Waals surface area contributed by atoms with Crippen molar-refractivity contribution < 1.29 is 8.78 Å². The molecule has 1 aliphatic rings. The summed E-state index contributed by atoms with van der Waals surface area (Å²) >= 11 is 0. The highest BCUT2D eigenvalue weighted by molar-refractivity contribution is 5.72. The summed E-state index contributed by atoms with van der Waals surface area (Å²) in [5, 5.41) is 0. The summed E-state index contributed by atoms with van der Waals surface area (Å²) in [7, 11) is 0. The van der Waals surface area contributed by atoms with Crippen LogP contribution in [-0.4, -0.2) is 6.21 Å². The minimum absolute atomic E-state index is 0.208. The molecule has 2 rings (SSSR count). The van der Waals surface area contributed by atoms with E-state index in [0.717, 1.165) is 6.07 Å². The third-order valence-electron chi connectivity index (χ3n) is 2.17. The largest absolute Gasteiger partial charge is 0.285 e. The van der Waals surface area contributed by atoms with Gasteiger partial charge in [-0.05, 0) is 18.6 Å². The standard InChI is InChI=1S/C11H9F2N/c12-8-4-5-9(10(13)7-8)11-3-1-2-6-14-11/h1-2,4-7,11H,3H2. The molecule has 14 heavy (non-hydrogen) atoms. The van der Waals surface area contributed by atoms with Crippen molar-refractivity contribution >= 4 is 6.21 Å². The van der Waals surface area contributed by atoms with Gasteiger partial charge in [-0.1, -0.05) is 12.1 Å². The van der Waals surface area contributed by atoms with Crippen LogP contribution < -0.4 is 0 Å². The number of benzene rings is 1. The summed E-state index contributed by atoms with van der Waals surface area (Å²) in [4.78, 5) is 4.12. The Bertz CT molecular complexity index is 396. The monoisotopic (exact) mass is 193 g/mol. The second-order valence-electron chi connectivity index (χ2n) is 3.14. The quantitative estimate of drug-likeness (QED) is 0.650. The summed E-state index contributed by atoms with van der Waals surface area (Å²) in [5.41, 5.74) is 0.451. The van der Waals surface area contributed by atoms with Gasteiger partial charge in [0, 0.05) is 17.8 Å². The zero-order chi connectivity index (χ0) is 9.97. The van der Waals surface area contributed by atoms with E-state index in [-0.39, 0.29) is 6.04 Å². The Morgan fingerprint density at radius 2 is 2.14 bits per heavy atom. The fourth-order valence-electron chi connectivity index (χ4n) is 1.46. The third-order valence-corrected chi connectivity index (χ3v) is 2.17. The van der Waals surface area contributed by atoms with Crippen LogP contribution in [0.4, 0.5) is 8.78 Å². The lowest BCUT2D eigenvalue weighted by atomic mass is 10.0. The Labute approximate surface area is 80.8 Å². The van der Waals surface area contributed by atoms with Gasteiger partial charge in [0.25, 0.3) is 0 Å². The van der Waals surface area contributed by atoms with Gasteiger partial charge in [0.2, 0.25) is 0 Å². The molecule has 1 unspecified atom stereocenters. The normalized spacial score (nSPS) is 20.0. The molecule has 3 heteroatoms. The fraction of sp³-hybridized carbons (Fsp3) is 0.182. The van der Waals surface area contributed by atoms with E-state index < -0.39 is 11.6 Å². The van der Waals surface area contributed by atoms with Crippen LogP contribution in [0.15, 0.2) is 35.3 Å². The van der Waals surface area contributed by atoms with Crippen molar-refractivity contribution in [2.75, 3.05) is 0 Å². The van der Waals surface area contributed by atoms with Gasteiger partial charge in [-0.25, -0.2) is 8.78 Å². The first-order valence-corrected chi connectivity index (χ1v) is 4.40. The molecular weight excluding hydrogens is 184 g/mol. The average molecular weight is 193 g/mol. The van der Waals surface area contributed by atoms with Gasteiger partial charge in [0.05, 0.1) is 6.04 Å². The topological polar surface area (TPSA) is 12.4 Å². The maximum atomic E-state index is 13.3. The lowest BCUT2D eigenvalue weighted by Crippen LogP contribution is -2.01. The molecule has 1 nitrogen and oxygen atoms in total. The van der Waals surface area contributed by atoms with Crippen LogP contribution in [0, 0.1) is 11.6 Å². The van der Waals surface area contributed by atoms with Crippen molar-refractivity contribution in [2.45, 2.75) is 12.5 Å². The first kappa shape index (κ1) is 9.06. The Hall–Kier alpha value is -1.51. The number of hydrogen-bond donors (Lipinski definition) is 0. The van der Waals surface area contributed by atoms with Gasteiger partial charge in [0.15, 0.2) is 0 Å². The average Bonchev–Trinajstić information content (AvgIpc) is 2.19. The predicted molar refractivity (Wildman–Crippen MR) is 51.3 cm³/mol. The van der Waals surface area contributed by atoms with Gasteiger partial charge in [-0.15, -0.1) is 0 Å². The molecule has 1 aromatic rings. The molecule has 0 bridgehead atoms. The molecule has 1 aliphatic heterocycles. The molecule has 0 aromatic heterocycles. The van der Waals surface area contributed by atoms with E-state index in [2.05, 4.69) is 4.99 Å². The second-order valence-corrected chi connectivity index (χ2v) is 3.14. The van der Waals surface area contributed by atoms with Crippen molar-refractivity contribution in [3.8, 4) is 0 Å². The van der Waals surface area contributed by atoms with Crippen LogP contribution in [0.5, 0.6) is 0 Å². The van der Waals surface area contributed by atoms with Crippen LogP contribution in [0.3, 0.4) is 0 Å². The molecule has 72 valence electrons. The van der Waals surface area contributed by atoms with E-state index in [9.17, 15) is 8.78 Å². The Morgan fingerprint density at radius 1 is 1.29 bits per heavy atom. The van der Waals surface area contributed by atoms with Crippen LogP contribution in [0.2, 0.25) is 0 Å². The maximum absolute atomic E-state index is 13.3. The second kappa shape index (κ2) is 3.70. The summed E-state index contributed by atoms with van der Waals surface area (Å²) in [6, 6.07) is 3.39. The number of aliphatic imine (C=N–C) groups is 1. The van der Waals surface area contributed by atoms with E-state index in [0.29, 0.717) is 12.0 Å². The predicted octanol–water partition coefficient (Wildman–Crippen LogP) is 3.04. The Balaban J connectivity index is 2.32. The van der Waals surface area contributed by atoms with Crippen molar-refractivity contribution in [1.82, 2.24) is 0 Å². The zero-order valence-corrected chi connectivity index (χ0v) is 7.45. The highest BCUT2D eigenvalue weighted by atomic mass is 19.1. The summed E-state index contributed by atoms with van der Waals surface area (Å²) in [6.45, 7) is 0. The zero-order valence-electron chi connectivity index (χ0n) is 7.45. The highest BCUT2D eigenvalue weighted by Crippen LogP contribution is 2.26. The molecule has 0 spiro atoms. The van der Waals surface area contributed by atoms with E-state index in [1.54, 1.807) is 6.21 Å². The molecular formula is C11H9F2N.